The van der Waals surface area contributed by atoms with Crippen LogP contribution >= 0.6 is 0 Å². The molecule has 1 aromatic rings. The highest BCUT2D eigenvalue weighted by Gasteiger charge is 2.41. The van der Waals surface area contributed by atoms with Crippen molar-refractivity contribution < 1.29 is 67.4 Å². The summed E-state index contributed by atoms with van der Waals surface area (Å²) < 4.78 is 5.81. The van der Waals surface area contributed by atoms with Crippen molar-refractivity contribution in [3.05, 3.63) is 35.9 Å². The van der Waals surface area contributed by atoms with Crippen molar-refractivity contribution in [1.82, 2.24) is 58.5 Å². The lowest BCUT2D eigenvalue weighted by Gasteiger charge is -2.31. The minimum atomic E-state index is -1.81. The second kappa shape index (κ2) is 43.5. The lowest BCUT2D eigenvalue weighted by molar-refractivity contribution is -0.157. The molecule has 1 saturated heterocycles. The average molecular weight is 1310 g/mol. The van der Waals surface area contributed by atoms with E-state index in [1.807, 2.05) is 37.3 Å². The molecule has 1 aliphatic heterocycles. The van der Waals surface area contributed by atoms with Crippen LogP contribution in [-0.2, 0) is 68.7 Å². The molecule has 0 saturated carbocycles. The lowest BCUT2D eigenvalue weighted by atomic mass is 9.94. The number of aliphatic hydroxyl groups excluding tert-OH is 1. The van der Waals surface area contributed by atoms with Crippen molar-refractivity contribution in [2.24, 2.45) is 46.6 Å². The van der Waals surface area contributed by atoms with Crippen LogP contribution in [0.15, 0.2) is 30.3 Å². The van der Waals surface area contributed by atoms with Crippen molar-refractivity contribution in [2.45, 2.75) is 238 Å². The number of nitrogens with two attached hydrogens (primary N) is 4. The molecule has 1 aromatic carbocycles. The van der Waals surface area contributed by atoms with E-state index >= 15 is 0 Å². The van der Waals surface area contributed by atoms with Gasteiger partial charge < -0.3 is 91.3 Å². The molecule has 0 unspecified atom stereocenters. The van der Waals surface area contributed by atoms with Crippen LogP contribution in [0.25, 0.3) is 0 Å². The second-order valence-electron chi connectivity index (χ2n) is 24.5. The van der Waals surface area contributed by atoms with E-state index < -0.39 is 180 Å². The minimum absolute atomic E-state index is 0.0531. The van der Waals surface area contributed by atoms with Crippen molar-refractivity contribution in [2.75, 3.05) is 33.3 Å². The van der Waals surface area contributed by atoms with Crippen LogP contribution < -0.4 is 81.4 Å². The van der Waals surface area contributed by atoms with Gasteiger partial charge in [0.05, 0.1) is 12.6 Å². The van der Waals surface area contributed by atoms with Gasteiger partial charge in [-0.25, -0.2) is 4.79 Å². The van der Waals surface area contributed by atoms with Crippen LogP contribution in [0.2, 0.25) is 0 Å². The van der Waals surface area contributed by atoms with Crippen LogP contribution in [-0.4, -0.2) is 182 Å². The number of unbranched alkanes of at least 4 members (excludes halogenated alkanes) is 3. The number of likely N-dealkylation sites (N-methyl/N-ethyl adjacent to an activating group) is 1. The monoisotopic (exact) mass is 1310 g/mol. The predicted molar refractivity (Wildman–Crippen MR) is 350 cm³/mol. The molecule has 11 amide bonds. The van der Waals surface area contributed by atoms with E-state index in [1.165, 1.54) is 6.92 Å². The first-order valence-corrected chi connectivity index (χ1v) is 33.2. The zero-order chi connectivity index (χ0) is 69.9. The fourth-order valence-electron chi connectivity index (χ4n) is 10.3. The highest BCUT2D eigenvalue weighted by Crippen LogP contribution is 2.18. The number of primary amides is 1. The van der Waals surface area contributed by atoms with Crippen LogP contribution in [0.4, 0.5) is 0 Å². The van der Waals surface area contributed by atoms with E-state index in [0.717, 1.165) is 5.56 Å². The Bertz CT molecular complexity index is 2570. The van der Waals surface area contributed by atoms with Gasteiger partial charge in [-0.3, -0.25) is 52.7 Å². The molecule has 526 valence electrons. The molecule has 1 aliphatic rings. The Balaban J connectivity index is 2.51. The normalized spacial score (nSPS) is 20.6. The first kappa shape index (κ1) is 81.8. The van der Waals surface area contributed by atoms with Gasteiger partial charge in [0.2, 0.25) is 65.0 Å². The molecule has 0 spiro atoms. The summed E-state index contributed by atoms with van der Waals surface area (Å²) in [6.45, 7) is 15.0. The summed E-state index contributed by atoms with van der Waals surface area (Å²) in [7, 11) is 1.63. The Labute approximate surface area is 548 Å². The summed E-state index contributed by atoms with van der Waals surface area (Å²) in [6, 6.07) is -5.36. The molecular formula is C64H111N15O14. The third kappa shape index (κ3) is 27.6. The molecule has 1 heterocycles. The number of ether oxygens (including phenoxy) is 1. The summed E-state index contributed by atoms with van der Waals surface area (Å²) in [6.07, 6.45) is 2.42. The summed E-state index contributed by atoms with van der Waals surface area (Å²) in [5.41, 5.74) is 23.7. The smallest absolute Gasteiger partial charge is 0.329 e. The van der Waals surface area contributed by atoms with Crippen LogP contribution in [0.1, 0.15) is 164 Å². The first-order chi connectivity index (χ1) is 44.2. The molecule has 16 atom stereocenters. The zero-order valence-corrected chi connectivity index (χ0v) is 56.3. The van der Waals surface area contributed by atoms with E-state index in [-0.39, 0.29) is 45.2 Å². The predicted octanol–water partition coefficient (Wildman–Crippen LogP) is -1.56. The third-order valence-corrected chi connectivity index (χ3v) is 17.3. The van der Waals surface area contributed by atoms with Crippen molar-refractivity contribution >= 4 is 70.9 Å². The summed E-state index contributed by atoms with van der Waals surface area (Å²) >= 11 is 0. The molecular weight excluding hydrogens is 1200 g/mol. The molecule has 29 heteroatoms. The minimum Gasteiger partial charge on any atom is -0.458 e. The van der Waals surface area contributed by atoms with Crippen molar-refractivity contribution in [3.63, 3.8) is 0 Å². The number of hydrogen-bond acceptors (Lipinski definition) is 18. The van der Waals surface area contributed by atoms with Crippen LogP contribution in [0, 0.1) is 23.7 Å². The van der Waals surface area contributed by atoms with Crippen LogP contribution in [0.5, 0.6) is 0 Å². The molecule has 1 fully saturated rings. The molecule has 2 rings (SSSR count). The molecule has 0 aliphatic carbocycles. The molecule has 20 N–H and O–H groups in total. The zero-order valence-electron chi connectivity index (χ0n) is 56.3. The molecule has 0 bridgehead atoms. The van der Waals surface area contributed by atoms with Crippen LogP contribution in [0.3, 0.4) is 0 Å². The number of amides is 11. The maximum atomic E-state index is 14.6. The quantitative estimate of drug-likeness (QED) is 0.0260. The second-order valence-corrected chi connectivity index (χ2v) is 24.5. The Kier molecular flexibility index (Phi) is 38.3. The number of cyclic esters (lactones) is 1. The third-order valence-electron chi connectivity index (χ3n) is 17.3. The standard InChI is InChI=1S/C64H111N15O14/c1-11-36(5)49(76-58(86)46(69-10)34-41-24-16-15-17-25-41)60(88)72-42(26-18-21-31-65)55(83)71-45(29-30-48(68)81)57(85)75-51(38(7)13-3)62(90)77-50(37(6)12-2)61(89)74-47(35-80)59(87)79-53-40(9)93-64(92)52(39(8)14-4)78-56(84)44(28-20-23-33-67)70-54(82)43(73-63(53)91)27-19-22-32-66/h15-17,24-25,36-40,42-47,49-53,69,80H,11-14,18-23,26-35,65-67H2,1-10H3,(H2,68,81)(H,70,82)(H,71,83)(H,72,88)(H,73,91)(H,74,89)(H,75,85)(H,76,86)(H,77,90)(H,78,84)(H,79,87)/t36-,37-,38-,39-,40-,42-,43-,44-,45+,46+,47-,49-,50-,51+,52-,53+/m0/s1. The fraction of sp³-hybridized carbons (Fsp3) is 0.719. The van der Waals surface area contributed by atoms with E-state index in [0.29, 0.717) is 70.8 Å². The topological polar surface area (TPSA) is 471 Å². The number of aliphatic hydroxyl groups is 1. The van der Waals surface area contributed by atoms with Gasteiger partial charge in [0.25, 0.3) is 0 Å². The Morgan fingerprint density at radius 1 is 0.538 bits per heavy atom. The SMILES string of the molecule is CC[C@H](C)[C@H](NC(=O)[C@@H](Cc1ccccc1)NC)C(=O)N[C@@H](CCCCN)C(=O)N[C@H](CCC(N)=O)C(=O)N[C@@H](C(=O)N[C@H](C(=O)N[C@@H](CO)C(=O)N[C@H]1C(=O)N[C@@H](CCCCN)C(=O)N[C@@H](CCCCN)C(=O)N[C@@H]([C@@H](C)CC)C(=O)O[C@H]1C)[C@@H](C)CC)[C@@H](C)CC. The van der Waals surface area contributed by atoms with Crippen molar-refractivity contribution in [3.8, 4) is 0 Å². The Morgan fingerprint density at radius 2 is 0.968 bits per heavy atom. The first-order valence-electron chi connectivity index (χ1n) is 33.2. The van der Waals surface area contributed by atoms with E-state index in [2.05, 4.69) is 58.5 Å². The molecule has 0 aromatic heterocycles. The summed E-state index contributed by atoms with van der Waals surface area (Å²) in [5.74, 6) is -12.2. The molecule has 0 radical (unpaired) electrons. The Morgan fingerprint density at radius 3 is 1.44 bits per heavy atom. The van der Waals surface area contributed by atoms with Gasteiger partial charge in [0, 0.05) is 6.42 Å². The van der Waals surface area contributed by atoms with Gasteiger partial charge in [0.1, 0.15) is 66.5 Å². The number of carbonyl (C=O) groups excluding carboxylic acids is 12. The maximum absolute atomic E-state index is 14.6. The number of carbonyl (C=O) groups is 12. The highest BCUT2D eigenvalue weighted by atomic mass is 16.5. The number of nitrogens with one attached hydrogen (secondary N) is 11. The van der Waals surface area contributed by atoms with Gasteiger partial charge in [-0.15, -0.1) is 0 Å². The van der Waals surface area contributed by atoms with Crippen molar-refractivity contribution in [1.29, 1.82) is 0 Å². The van der Waals surface area contributed by atoms with Gasteiger partial charge in [-0.1, -0.05) is 111 Å². The number of hydrogen-bond donors (Lipinski definition) is 16. The maximum Gasteiger partial charge on any atom is 0.329 e. The molecule has 29 nitrogen and oxygen atoms in total. The number of esters is 1. The highest BCUT2D eigenvalue weighted by molar-refractivity contribution is 5.99. The average Bonchev–Trinajstić information content (AvgIpc) is 1.94. The van der Waals surface area contributed by atoms with E-state index in [1.54, 1.807) is 55.5 Å². The van der Waals surface area contributed by atoms with Gasteiger partial charge in [-0.05, 0) is 133 Å². The fourth-order valence-corrected chi connectivity index (χ4v) is 10.3. The van der Waals surface area contributed by atoms with E-state index in [9.17, 15) is 62.6 Å². The molecule has 93 heavy (non-hydrogen) atoms. The van der Waals surface area contributed by atoms with Gasteiger partial charge in [-0.2, -0.15) is 0 Å². The largest absolute Gasteiger partial charge is 0.458 e. The lowest BCUT2D eigenvalue weighted by Crippen LogP contribution is -2.63. The Hall–Kier alpha value is -7.34. The van der Waals surface area contributed by atoms with E-state index in [4.69, 9.17) is 27.7 Å². The summed E-state index contributed by atoms with van der Waals surface area (Å²) in [4.78, 5) is 169. The number of rotatable bonds is 41. The summed E-state index contributed by atoms with van der Waals surface area (Å²) in [5, 5.41) is 40.4. The van der Waals surface area contributed by atoms with Gasteiger partial charge in [0.15, 0.2) is 0 Å². The van der Waals surface area contributed by atoms with Gasteiger partial charge >= 0.3 is 5.97 Å². The number of benzene rings is 1.